The molecular formula is C13H10ClN3O2S. The number of nitrogens with zero attached hydrogens (tertiary/aromatic N) is 1. The first kappa shape index (κ1) is 14.2. The van der Waals surface area contributed by atoms with Crippen LogP contribution in [0.3, 0.4) is 0 Å². The van der Waals surface area contributed by atoms with Crippen LogP contribution in [0.15, 0.2) is 47.4 Å². The van der Waals surface area contributed by atoms with Crippen molar-refractivity contribution in [2.45, 2.75) is 4.90 Å². The van der Waals surface area contributed by atoms with E-state index in [4.69, 9.17) is 22.6 Å². The number of hydrogen-bond donors (Lipinski definition) is 2. The van der Waals surface area contributed by atoms with Gasteiger partial charge in [-0.25, -0.2) is 8.42 Å². The Bertz CT molecular complexity index is 780. The Morgan fingerprint density at radius 3 is 2.40 bits per heavy atom. The molecule has 0 saturated carbocycles. The van der Waals surface area contributed by atoms with Crippen LogP contribution in [0.4, 0.5) is 11.4 Å². The molecule has 3 N–H and O–H groups in total. The second kappa shape index (κ2) is 5.41. The van der Waals surface area contributed by atoms with Crippen molar-refractivity contribution >= 4 is 33.0 Å². The molecule has 0 bridgehead atoms. The van der Waals surface area contributed by atoms with Crippen molar-refractivity contribution < 1.29 is 8.42 Å². The molecule has 0 unspecified atom stereocenters. The summed E-state index contributed by atoms with van der Waals surface area (Å²) < 4.78 is 26.8. The van der Waals surface area contributed by atoms with Gasteiger partial charge in [0.05, 0.1) is 17.3 Å². The van der Waals surface area contributed by atoms with Gasteiger partial charge in [0.2, 0.25) is 0 Å². The van der Waals surface area contributed by atoms with E-state index < -0.39 is 10.0 Å². The van der Waals surface area contributed by atoms with Gasteiger partial charge in [-0.15, -0.1) is 0 Å². The number of halogens is 1. The van der Waals surface area contributed by atoms with E-state index in [0.29, 0.717) is 11.3 Å². The Morgan fingerprint density at radius 2 is 1.80 bits per heavy atom. The third-order valence-electron chi connectivity index (χ3n) is 2.53. The molecule has 0 aliphatic rings. The van der Waals surface area contributed by atoms with Crippen LogP contribution in [0.25, 0.3) is 0 Å². The average molecular weight is 308 g/mol. The van der Waals surface area contributed by atoms with Gasteiger partial charge < -0.3 is 5.73 Å². The summed E-state index contributed by atoms with van der Waals surface area (Å²) in [6.07, 6.45) is 0. The molecule has 0 atom stereocenters. The molecule has 2 rings (SSSR count). The first-order valence-electron chi connectivity index (χ1n) is 5.50. The van der Waals surface area contributed by atoms with Crippen LogP contribution >= 0.6 is 11.6 Å². The van der Waals surface area contributed by atoms with E-state index in [0.717, 1.165) is 0 Å². The Morgan fingerprint density at radius 1 is 1.15 bits per heavy atom. The van der Waals surface area contributed by atoms with E-state index in [9.17, 15) is 8.42 Å². The van der Waals surface area contributed by atoms with Gasteiger partial charge >= 0.3 is 0 Å². The largest absolute Gasteiger partial charge is 0.398 e. The minimum absolute atomic E-state index is 0.0886. The van der Waals surface area contributed by atoms with Crippen LogP contribution in [0.5, 0.6) is 0 Å². The molecule has 5 nitrogen and oxygen atoms in total. The van der Waals surface area contributed by atoms with Crippen molar-refractivity contribution in [1.29, 1.82) is 5.26 Å². The summed E-state index contributed by atoms with van der Waals surface area (Å²) in [7, 11) is -3.83. The summed E-state index contributed by atoms with van der Waals surface area (Å²) in [5.41, 5.74) is 6.54. The van der Waals surface area contributed by atoms with Gasteiger partial charge in [-0.2, -0.15) is 5.26 Å². The highest BCUT2D eigenvalue weighted by Gasteiger charge is 2.18. The lowest BCUT2D eigenvalue weighted by atomic mass is 10.2. The lowest BCUT2D eigenvalue weighted by molar-refractivity contribution is 0.601. The molecule has 102 valence electrons. The Hall–Kier alpha value is -2.23. The number of nitrogens with two attached hydrogens (primary N) is 1. The van der Waals surface area contributed by atoms with Crippen LogP contribution in [0.1, 0.15) is 5.56 Å². The molecule has 0 radical (unpaired) electrons. The molecule has 0 spiro atoms. The van der Waals surface area contributed by atoms with E-state index in [2.05, 4.69) is 4.72 Å². The fourth-order valence-corrected chi connectivity index (χ4v) is 3.02. The zero-order valence-corrected chi connectivity index (χ0v) is 11.7. The third-order valence-corrected chi connectivity index (χ3v) is 4.20. The highest BCUT2D eigenvalue weighted by Crippen LogP contribution is 2.24. The number of sulfonamides is 1. The zero-order chi connectivity index (χ0) is 14.8. The van der Waals surface area contributed by atoms with E-state index in [1.54, 1.807) is 0 Å². The minimum atomic E-state index is -3.83. The van der Waals surface area contributed by atoms with Gasteiger partial charge in [0, 0.05) is 10.7 Å². The molecule has 0 heterocycles. The Labute approximate surface area is 121 Å². The highest BCUT2D eigenvalue weighted by molar-refractivity contribution is 7.92. The van der Waals surface area contributed by atoms with Gasteiger partial charge in [-0.05, 0) is 42.5 Å². The van der Waals surface area contributed by atoms with Gasteiger partial charge in [-0.1, -0.05) is 11.6 Å². The zero-order valence-electron chi connectivity index (χ0n) is 10.2. The molecule has 0 fully saturated rings. The number of nitriles is 1. The second-order valence-corrected chi connectivity index (χ2v) is 6.06. The number of anilines is 2. The molecule has 0 aliphatic heterocycles. The number of nitrogens with one attached hydrogen (secondary N) is 1. The Balaban J connectivity index is 2.35. The summed E-state index contributed by atoms with van der Waals surface area (Å²) in [4.78, 5) is -0.0886. The van der Waals surface area contributed by atoms with Crippen molar-refractivity contribution in [2.24, 2.45) is 0 Å². The van der Waals surface area contributed by atoms with Crippen LogP contribution in [0.2, 0.25) is 5.02 Å². The standard InChI is InChI=1S/C13H10ClN3O2S/c14-10-3-6-12(16)13(7-10)20(18,19)17-11-4-1-9(8-15)2-5-11/h1-7,17H,16H2. The van der Waals surface area contributed by atoms with Crippen molar-refractivity contribution in [3.63, 3.8) is 0 Å². The minimum Gasteiger partial charge on any atom is -0.398 e. The maximum Gasteiger partial charge on any atom is 0.263 e. The predicted molar refractivity (Wildman–Crippen MR) is 77.8 cm³/mol. The van der Waals surface area contributed by atoms with Gasteiger partial charge in [0.15, 0.2) is 0 Å². The van der Waals surface area contributed by atoms with E-state index >= 15 is 0 Å². The normalized spacial score (nSPS) is 10.8. The fourth-order valence-electron chi connectivity index (χ4n) is 1.56. The lowest BCUT2D eigenvalue weighted by Crippen LogP contribution is -2.14. The molecule has 0 saturated heterocycles. The maximum atomic E-state index is 12.2. The monoisotopic (exact) mass is 307 g/mol. The molecule has 2 aromatic carbocycles. The fraction of sp³-hybridized carbons (Fsp3) is 0. The van der Waals surface area contributed by atoms with Crippen LogP contribution in [-0.4, -0.2) is 8.42 Å². The van der Waals surface area contributed by atoms with Crippen molar-refractivity contribution in [1.82, 2.24) is 0 Å². The van der Waals surface area contributed by atoms with Crippen LogP contribution < -0.4 is 10.5 Å². The number of benzene rings is 2. The predicted octanol–water partition coefficient (Wildman–Crippen LogP) is 2.59. The van der Waals surface area contributed by atoms with Crippen molar-refractivity contribution in [3.05, 3.63) is 53.1 Å². The summed E-state index contributed by atoms with van der Waals surface area (Å²) >= 11 is 5.78. The summed E-state index contributed by atoms with van der Waals surface area (Å²) in [6.45, 7) is 0. The topological polar surface area (TPSA) is 96.0 Å². The quantitative estimate of drug-likeness (QED) is 0.852. The van der Waals surface area contributed by atoms with Crippen LogP contribution in [-0.2, 0) is 10.0 Å². The molecular weight excluding hydrogens is 298 g/mol. The molecule has 0 amide bonds. The lowest BCUT2D eigenvalue weighted by Gasteiger charge is -2.10. The number of rotatable bonds is 3. The molecule has 2 aromatic rings. The van der Waals surface area contributed by atoms with E-state index in [-0.39, 0.29) is 15.6 Å². The van der Waals surface area contributed by atoms with E-state index in [1.165, 1.54) is 42.5 Å². The number of nitrogen functional groups attached to an aromatic ring is 1. The summed E-state index contributed by atoms with van der Waals surface area (Å²) in [5, 5.41) is 8.96. The molecule has 7 heteroatoms. The number of hydrogen-bond acceptors (Lipinski definition) is 4. The highest BCUT2D eigenvalue weighted by atomic mass is 35.5. The molecule has 20 heavy (non-hydrogen) atoms. The maximum absolute atomic E-state index is 12.2. The summed E-state index contributed by atoms with van der Waals surface area (Å²) in [5.74, 6) is 0. The third kappa shape index (κ3) is 3.02. The average Bonchev–Trinajstić information content (AvgIpc) is 2.42. The second-order valence-electron chi connectivity index (χ2n) is 3.98. The van der Waals surface area contributed by atoms with Crippen LogP contribution in [0, 0.1) is 11.3 Å². The summed E-state index contributed by atoms with van der Waals surface area (Å²) in [6, 6.07) is 12.2. The molecule has 0 aromatic heterocycles. The smallest absolute Gasteiger partial charge is 0.263 e. The molecule has 0 aliphatic carbocycles. The first-order chi connectivity index (χ1) is 9.42. The van der Waals surface area contributed by atoms with Gasteiger partial charge in [0.1, 0.15) is 4.90 Å². The SMILES string of the molecule is N#Cc1ccc(NS(=O)(=O)c2cc(Cl)ccc2N)cc1. The van der Waals surface area contributed by atoms with Crippen molar-refractivity contribution in [3.8, 4) is 6.07 Å². The van der Waals surface area contributed by atoms with E-state index in [1.807, 2.05) is 6.07 Å². The van der Waals surface area contributed by atoms with Gasteiger partial charge in [0.25, 0.3) is 10.0 Å². The van der Waals surface area contributed by atoms with Crippen molar-refractivity contribution in [2.75, 3.05) is 10.5 Å². The first-order valence-corrected chi connectivity index (χ1v) is 7.36. The van der Waals surface area contributed by atoms with Gasteiger partial charge in [-0.3, -0.25) is 4.72 Å². The Kier molecular flexibility index (Phi) is 3.84.